The molecule has 114 valence electrons. The highest BCUT2D eigenvalue weighted by Gasteiger charge is 2.24. The highest BCUT2D eigenvalue weighted by atomic mass is 16.5. The molecule has 0 saturated carbocycles. The van der Waals surface area contributed by atoms with E-state index in [4.69, 9.17) is 9.47 Å². The van der Waals surface area contributed by atoms with Crippen molar-refractivity contribution in [1.29, 1.82) is 0 Å². The summed E-state index contributed by atoms with van der Waals surface area (Å²) in [6, 6.07) is 8.60. The first-order valence-electron chi connectivity index (χ1n) is 7.60. The van der Waals surface area contributed by atoms with Crippen LogP contribution in [0.2, 0.25) is 0 Å². The summed E-state index contributed by atoms with van der Waals surface area (Å²) in [5, 5.41) is 3.57. The van der Waals surface area contributed by atoms with Gasteiger partial charge >= 0.3 is 0 Å². The first kappa shape index (κ1) is 17.0. The van der Waals surface area contributed by atoms with Gasteiger partial charge in [0.1, 0.15) is 5.75 Å². The Kier molecular flexibility index (Phi) is 7.63. The van der Waals surface area contributed by atoms with Crippen molar-refractivity contribution in [3.05, 3.63) is 29.8 Å². The Labute approximate surface area is 123 Å². The van der Waals surface area contributed by atoms with E-state index < -0.39 is 0 Å². The fourth-order valence-electron chi connectivity index (χ4n) is 2.59. The highest BCUT2D eigenvalue weighted by molar-refractivity contribution is 5.29. The molecule has 0 fully saturated rings. The molecule has 0 heterocycles. The molecular formula is C17H29NO2. The smallest absolute Gasteiger partial charge is 0.119 e. The topological polar surface area (TPSA) is 30.5 Å². The van der Waals surface area contributed by atoms with Crippen LogP contribution in [0.1, 0.15) is 33.3 Å². The van der Waals surface area contributed by atoms with Crippen molar-refractivity contribution in [3.63, 3.8) is 0 Å². The van der Waals surface area contributed by atoms with E-state index >= 15 is 0 Å². The predicted octanol–water partition coefficient (Wildman–Crippen LogP) is 3.28. The van der Waals surface area contributed by atoms with Crippen LogP contribution in [0.25, 0.3) is 0 Å². The monoisotopic (exact) mass is 279 g/mol. The standard InChI is InChI=1S/C17H29NO2/c1-6-18-16(17(13(3)4)20-7-2)12-14-9-8-10-15(11-14)19-5/h8-11,13,16-18H,6-7,12H2,1-5H3. The summed E-state index contributed by atoms with van der Waals surface area (Å²) in [5.41, 5.74) is 1.28. The number of likely N-dealkylation sites (N-methyl/N-ethyl adjacent to an activating group) is 1. The van der Waals surface area contributed by atoms with E-state index in [-0.39, 0.29) is 6.10 Å². The highest BCUT2D eigenvalue weighted by Crippen LogP contribution is 2.19. The van der Waals surface area contributed by atoms with Crippen molar-refractivity contribution < 1.29 is 9.47 Å². The van der Waals surface area contributed by atoms with Crippen molar-refractivity contribution in [2.75, 3.05) is 20.3 Å². The molecule has 0 aromatic heterocycles. The first-order valence-corrected chi connectivity index (χ1v) is 7.60. The van der Waals surface area contributed by atoms with E-state index in [0.717, 1.165) is 25.3 Å². The summed E-state index contributed by atoms with van der Waals surface area (Å²) in [6.45, 7) is 10.3. The van der Waals surface area contributed by atoms with E-state index in [9.17, 15) is 0 Å². The zero-order valence-corrected chi connectivity index (χ0v) is 13.5. The van der Waals surface area contributed by atoms with Gasteiger partial charge in [0, 0.05) is 12.6 Å². The molecule has 1 aromatic carbocycles. The summed E-state index contributed by atoms with van der Waals surface area (Å²) in [6.07, 6.45) is 1.18. The van der Waals surface area contributed by atoms with Gasteiger partial charge in [-0.3, -0.25) is 0 Å². The second kappa shape index (κ2) is 8.98. The molecule has 0 saturated heterocycles. The Morgan fingerprint density at radius 1 is 1.20 bits per heavy atom. The molecule has 0 spiro atoms. The van der Waals surface area contributed by atoms with Crippen LogP contribution < -0.4 is 10.1 Å². The van der Waals surface area contributed by atoms with E-state index in [1.807, 2.05) is 12.1 Å². The van der Waals surface area contributed by atoms with Gasteiger partial charge in [-0.05, 0) is 43.5 Å². The second-order valence-electron chi connectivity index (χ2n) is 5.38. The van der Waals surface area contributed by atoms with E-state index in [0.29, 0.717) is 12.0 Å². The number of ether oxygens (including phenoxy) is 2. The van der Waals surface area contributed by atoms with Gasteiger partial charge in [0.05, 0.1) is 13.2 Å². The maximum Gasteiger partial charge on any atom is 0.119 e. The Morgan fingerprint density at radius 3 is 2.50 bits per heavy atom. The Bertz CT molecular complexity index is 379. The third-order valence-corrected chi connectivity index (χ3v) is 3.47. The van der Waals surface area contributed by atoms with E-state index in [2.05, 4.69) is 45.1 Å². The van der Waals surface area contributed by atoms with Crippen LogP contribution in [0.15, 0.2) is 24.3 Å². The summed E-state index contributed by atoms with van der Waals surface area (Å²) < 4.78 is 11.3. The normalized spacial score (nSPS) is 14.3. The summed E-state index contributed by atoms with van der Waals surface area (Å²) >= 11 is 0. The Hall–Kier alpha value is -1.06. The van der Waals surface area contributed by atoms with Crippen LogP contribution in [0.5, 0.6) is 5.75 Å². The van der Waals surface area contributed by atoms with Crippen molar-refractivity contribution in [3.8, 4) is 5.75 Å². The minimum atomic E-state index is 0.228. The molecule has 1 N–H and O–H groups in total. The van der Waals surface area contributed by atoms with Gasteiger partial charge in [0.25, 0.3) is 0 Å². The number of hydrogen-bond acceptors (Lipinski definition) is 3. The first-order chi connectivity index (χ1) is 9.62. The molecule has 3 heteroatoms. The lowest BCUT2D eigenvalue weighted by atomic mass is 9.93. The predicted molar refractivity (Wildman–Crippen MR) is 84.4 cm³/mol. The molecule has 0 radical (unpaired) electrons. The lowest BCUT2D eigenvalue weighted by molar-refractivity contribution is 0.00395. The quantitative estimate of drug-likeness (QED) is 0.752. The summed E-state index contributed by atoms with van der Waals surface area (Å²) in [7, 11) is 1.71. The molecule has 3 nitrogen and oxygen atoms in total. The van der Waals surface area contributed by atoms with Crippen LogP contribution in [0, 0.1) is 5.92 Å². The summed E-state index contributed by atoms with van der Waals surface area (Å²) in [5.74, 6) is 1.40. The number of methoxy groups -OCH3 is 1. The largest absolute Gasteiger partial charge is 0.497 e. The number of nitrogens with one attached hydrogen (secondary N) is 1. The van der Waals surface area contributed by atoms with Crippen molar-refractivity contribution in [1.82, 2.24) is 5.32 Å². The maximum absolute atomic E-state index is 5.95. The third-order valence-electron chi connectivity index (χ3n) is 3.47. The average Bonchev–Trinajstić information content (AvgIpc) is 2.44. The van der Waals surface area contributed by atoms with Crippen molar-refractivity contribution in [2.24, 2.45) is 5.92 Å². The Morgan fingerprint density at radius 2 is 1.95 bits per heavy atom. The maximum atomic E-state index is 5.95. The number of hydrogen-bond donors (Lipinski definition) is 1. The number of benzene rings is 1. The van der Waals surface area contributed by atoms with Crippen molar-refractivity contribution in [2.45, 2.75) is 46.3 Å². The van der Waals surface area contributed by atoms with Gasteiger partial charge in [-0.1, -0.05) is 32.9 Å². The van der Waals surface area contributed by atoms with Crippen LogP contribution in [0.4, 0.5) is 0 Å². The van der Waals surface area contributed by atoms with Crippen LogP contribution in [-0.4, -0.2) is 32.4 Å². The van der Waals surface area contributed by atoms with Crippen molar-refractivity contribution >= 4 is 0 Å². The molecule has 1 rings (SSSR count). The van der Waals surface area contributed by atoms with Gasteiger partial charge in [-0.2, -0.15) is 0 Å². The van der Waals surface area contributed by atoms with Gasteiger partial charge in [0.2, 0.25) is 0 Å². The molecule has 2 atom stereocenters. The molecule has 2 unspecified atom stereocenters. The molecule has 0 aliphatic heterocycles. The van der Waals surface area contributed by atoms with Crippen LogP contribution in [0.3, 0.4) is 0 Å². The SMILES string of the molecule is CCNC(Cc1cccc(OC)c1)C(OCC)C(C)C. The molecular weight excluding hydrogens is 250 g/mol. The molecule has 0 aliphatic carbocycles. The minimum absolute atomic E-state index is 0.228. The molecule has 0 aliphatic rings. The fourth-order valence-corrected chi connectivity index (χ4v) is 2.59. The third kappa shape index (κ3) is 5.14. The molecule has 0 amide bonds. The average molecular weight is 279 g/mol. The van der Waals surface area contributed by atoms with E-state index in [1.165, 1.54) is 5.56 Å². The number of rotatable bonds is 9. The second-order valence-corrected chi connectivity index (χ2v) is 5.38. The molecule has 1 aromatic rings. The zero-order valence-electron chi connectivity index (χ0n) is 13.5. The minimum Gasteiger partial charge on any atom is -0.497 e. The fraction of sp³-hybridized carbons (Fsp3) is 0.647. The van der Waals surface area contributed by atoms with E-state index in [1.54, 1.807) is 7.11 Å². The Balaban J connectivity index is 2.83. The lowest BCUT2D eigenvalue weighted by Gasteiger charge is -2.31. The molecule has 0 bridgehead atoms. The van der Waals surface area contributed by atoms with Gasteiger partial charge < -0.3 is 14.8 Å². The van der Waals surface area contributed by atoms with Gasteiger partial charge in [-0.25, -0.2) is 0 Å². The lowest BCUT2D eigenvalue weighted by Crippen LogP contribution is -2.45. The van der Waals surface area contributed by atoms with Crippen LogP contribution in [-0.2, 0) is 11.2 Å². The van der Waals surface area contributed by atoms with Crippen LogP contribution >= 0.6 is 0 Å². The molecule has 20 heavy (non-hydrogen) atoms. The van der Waals surface area contributed by atoms with Gasteiger partial charge in [0.15, 0.2) is 0 Å². The van der Waals surface area contributed by atoms with Gasteiger partial charge in [-0.15, -0.1) is 0 Å². The summed E-state index contributed by atoms with van der Waals surface area (Å²) in [4.78, 5) is 0. The zero-order chi connectivity index (χ0) is 15.0.